The first-order valence-corrected chi connectivity index (χ1v) is 37.7. The van der Waals surface area contributed by atoms with Crippen LogP contribution in [0.3, 0.4) is 0 Å². The lowest BCUT2D eigenvalue weighted by Crippen LogP contribution is -2.30. The molecule has 1 atom stereocenters. The Kier molecular flexibility index (Phi) is 70.0. The molecule has 0 aromatic rings. The molecule has 0 aliphatic carbocycles. The summed E-state index contributed by atoms with van der Waals surface area (Å²) < 4.78 is 17.0. The van der Waals surface area contributed by atoms with E-state index in [1.54, 1.807) is 0 Å². The molecule has 0 aromatic heterocycles. The fourth-order valence-corrected chi connectivity index (χ4v) is 11.9. The quantitative estimate of drug-likeness (QED) is 0.0261. The maximum Gasteiger partial charge on any atom is 0.306 e. The summed E-state index contributed by atoms with van der Waals surface area (Å²) in [6, 6.07) is 0. The lowest BCUT2D eigenvalue weighted by molar-refractivity contribution is -0.167. The maximum absolute atomic E-state index is 13.0. The van der Waals surface area contributed by atoms with Gasteiger partial charge in [0.15, 0.2) is 6.10 Å². The molecule has 6 nitrogen and oxygen atoms in total. The van der Waals surface area contributed by atoms with Crippen LogP contribution in [0.2, 0.25) is 0 Å². The first-order valence-electron chi connectivity index (χ1n) is 37.7. The molecule has 0 bridgehead atoms. The van der Waals surface area contributed by atoms with Crippen LogP contribution in [0, 0.1) is 0 Å². The van der Waals surface area contributed by atoms with Crippen molar-refractivity contribution < 1.29 is 28.6 Å². The second kappa shape index (κ2) is 71.6. The third kappa shape index (κ3) is 68.9. The molecule has 0 radical (unpaired) electrons. The topological polar surface area (TPSA) is 78.9 Å². The van der Waals surface area contributed by atoms with Crippen molar-refractivity contribution in [3.63, 3.8) is 0 Å². The molecule has 0 aliphatic rings. The Morgan fingerprint density at radius 2 is 0.402 bits per heavy atom. The van der Waals surface area contributed by atoms with E-state index in [-0.39, 0.29) is 31.1 Å². The number of rotatable bonds is 71. The van der Waals surface area contributed by atoms with Gasteiger partial charge in [-0.05, 0) is 44.9 Å². The highest BCUT2D eigenvalue weighted by atomic mass is 16.6. The summed E-state index contributed by atoms with van der Waals surface area (Å²) in [6.07, 6.45) is 87.0. The van der Waals surface area contributed by atoms with Crippen molar-refractivity contribution in [1.82, 2.24) is 0 Å². The highest BCUT2D eigenvalue weighted by Crippen LogP contribution is 2.20. The summed E-state index contributed by atoms with van der Waals surface area (Å²) >= 11 is 0. The smallest absolute Gasteiger partial charge is 0.306 e. The Labute approximate surface area is 513 Å². The first kappa shape index (κ1) is 80.2. The van der Waals surface area contributed by atoms with Gasteiger partial charge in [0.25, 0.3) is 0 Å². The Morgan fingerprint density at radius 3 is 0.610 bits per heavy atom. The second-order valence-electron chi connectivity index (χ2n) is 25.9. The van der Waals surface area contributed by atoms with Crippen molar-refractivity contribution in [1.29, 1.82) is 0 Å². The van der Waals surface area contributed by atoms with E-state index >= 15 is 0 Å². The van der Waals surface area contributed by atoms with Crippen molar-refractivity contribution in [3.05, 3.63) is 12.2 Å². The van der Waals surface area contributed by atoms with Gasteiger partial charge >= 0.3 is 17.9 Å². The van der Waals surface area contributed by atoms with Gasteiger partial charge in [-0.2, -0.15) is 0 Å². The highest BCUT2D eigenvalue weighted by molar-refractivity contribution is 5.71. The molecular weight excluding hydrogens is 1010 g/mol. The van der Waals surface area contributed by atoms with Crippen molar-refractivity contribution in [2.24, 2.45) is 0 Å². The van der Waals surface area contributed by atoms with Crippen molar-refractivity contribution in [3.8, 4) is 0 Å². The average molecular weight is 1160 g/mol. The zero-order chi connectivity index (χ0) is 59.2. The average Bonchev–Trinajstić information content (AvgIpc) is 3.47. The van der Waals surface area contributed by atoms with Crippen molar-refractivity contribution >= 4 is 17.9 Å². The van der Waals surface area contributed by atoms with Gasteiger partial charge in [-0.15, -0.1) is 0 Å². The minimum Gasteiger partial charge on any atom is -0.462 e. The van der Waals surface area contributed by atoms with Crippen LogP contribution in [-0.2, 0) is 28.6 Å². The SMILES string of the molecule is CCCCCCCCCC/C=C\CCCCCCCCCCCCCCCCCCCC(=O)OCC(COC(=O)CCCCCCCCCCCCC)OC(=O)CCCCCCCCCCCCCCCCCCCCCCCCCC. The zero-order valence-electron chi connectivity index (χ0n) is 56.1. The molecule has 0 aliphatic heterocycles. The molecule has 0 rings (SSSR count). The van der Waals surface area contributed by atoms with E-state index in [4.69, 9.17) is 14.2 Å². The molecule has 0 N–H and O–H groups in total. The summed E-state index contributed by atoms with van der Waals surface area (Å²) in [5, 5.41) is 0. The van der Waals surface area contributed by atoms with Crippen LogP contribution in [0.5, 0.6) is 0 Å². The third-order valence-corrected chi connectivity index (χ3v) is 17.5. The van der Waals surface area contributed by atoms with Crippen LogP contribution in [0.1, 0.15) is 438 Å². The van der Waals surface area contributed by atoms with Gasteiger partial charge < -0.3 is 14.2 Å². The zero-order valence-corrected chi connectivity index (χ0v) is 56.1. The molecule has 0 saturated heterocycles. The minimum atomic E-state index is -0.765. The van der Waals surface area contributed by atoms with Crippen LogP contribution in [0.15, 0.2) is 12.2 Å². The Balaban J connectivity index is 4.11. The van der Waals surface area contributed by atoms with E-state index in [0.717, 1.165) is 57.8 Å². The third-order valence-electron chi connectivity index (χ3n) is 17.5. The van der Waals surface area contributed by atoms with Crippen LogP contribution in [0.4, 0.5) is 0 Å². The number of carbonyl (C=O) groups excluding carboxylic acids is 3. The van der Waals surface area contributed by atoms with E-state index in [2.05, 4.69) is 32.9 Å². The Morgan fingerprint density at radius 1 is 0.232 bits per heavy atom. The normalized spacial score (nSPS) is 12.0. The minimum absolute atomic E-state index is 0.0620. The molecule has 82 heavy (non-hydrogen) atoms. The van der Waals surface area contributed by atoms with Crippen molar-refractivity contribution in [2.75, 3.05) is 13.2 Å². The van der Waals surface area contributed by atoms with E-state index in [1.807, 2.05) is 0 Å². The van der Waals surface area contributed by atoms with E-state index in [0.29, 0.717) is 19.3 Å². The summed E-state index contributed by atoms with van der Waals surface area (Å²) in [5.74, 6) is -0.824. The van der Waals surface area contributed by atoms with Gasteiger partial charge in [-0.3, -0.25) is 14.4 Å². The van der Waals surface area contributed by atoms with Crippen LogP contribution < -0.4 is 0 Å². The van der Waals surface area contributed by atoms with Gasteiger partial charge in [-0.25, -0.2) is 0 Å². The van der Waals surface area contributed by atoms with Gasteiger partial charge in [0, 0.05) is 19.3 Å². The number of carbonyl (C=O) groups is 3. The maximum atomic E-state index is 13.0. The molecular formula is C76H146O6. The molecule has 6 heteroatoms. The molecule has 0 amide bonds. The van der Waals surface area contributed by atoms with Crippen LogP contribution in [0.25, 0.3) is 0 Å². The van der Waals surface area contributed by atoms with Gasteiger partial charge in [0.1, 0.15) is 13.2 Å². The molecule has 0 spiro atoms. The number of unbranched alkanes of at least 4 members (excludes halogenated alkanes) is 58. The molecule has 0 aromatic carbocycles. The van der Waals surface area contributed by atoms with Gasteiger partial charge in [0.05, 0.1) is 0 Å². The number of hydrogen-bond donors (Lipinski definition) is 0. The molecule has 0 saturated carbocycles. The number of esters is 3. The number of hydrogen-bond acceptors (Lipinski definition) is 6. The fraction of sp³-hybridized carbons (Fsp3) is 0.934. The molecule has 486 valence electrons. The molecule has 1 unspecified atom stereocenters. The van der Waals surface area contributed by atoms with Gasteiger partial charge in [0.2, 0.25) is 0 Å². The largest absolute Gasteiger partial charge is 0.462 e. The lowest BCUT2D eigenvalue weighted by Gasteiger charge is -2.18. The van der Waals surface area contributed by atoms with Crippen LogP contribution in [-0.4, -0.2) is 37.2 Å². The fourth-order valence-electron chi connectivity index (χ4n) is 11.9. The van der Waals surface area contributed by atoms with Crippen LogP contribution >= 0.6 is 0 Å². The molecule has 0 heterocycles. The van der Waals surface area contributed by atoms with Gasteiger partial charge in [-0.1, -0.05) is 386 Å². The van der Waals surface area contributed by atoms with E-state index in [9.17, 15) is 14.4 Å². The molecule has 0 fully saturated rings. The number of allylic oxidation sites excluding steroid dienone is 2. The first-order chi connectivity index (χ1) is 40.5. The van der Waals surface area contributed by atoms with E-state index in [1.165, 1.54) is 340 Å². The highest BCUT2D eigenvalue weighted by Gasteiger charge is 2.20. The summed E-state index contributed by atoms with van der Waals surface area (Å²) in [7, 11) is 0. The van der Waals surface area contributed by atoms with E-state index < -0.39 is 6.10 Å². The Bertz CT molecular complexity index is 1280. The predicted molar refractivity (Wildman–Crippen MR) is 358 cm³/mol. The number of ether oxygens (including phenoxy) is 3. The van der Waals surface area contributed by atoms with Crippen molar-refractivity contribution in [2.45, 2.75) is 444 Å². The summed E-state index contributed by atoms with van der Waals surface area (Å²) in [6.45, 7) is 6.73. The predicted octanol–water partition coefficient (Wildman–Crippen LogP) is 26.0. The standard InChI is InChI=1S/C76H146O6/c1-4-7-10-13-16-19-22-24-26-28-30-32-34-36-37-38-39-40-42-43-45-47-49-51-54-57-60-63-66-69-75(78)81-72-73(71-80-74(77)68-65-62-59-56-53-21-18-15-12-9-6-3)82-76(79)70-67-64-61-58-55-52-50-48-46-44-41-35-33-31-29-27-25-23-20-17-14-11-8-5-2/h28,30,73H,4-27,29,31-72H2,1-3H3/b30-28-. The second-order valence-corrected chi connectivity index (χ2v) is 25.9. The Hall–Kier alpha value is -1.85. The summed E-state index contributed by atoms with van der Waals surface area (Å²) in [5.41, 5.74) is 0. The lowest BCUT2D eigenvalue weighted by atomic mass is 10.0. The monoisotopic (exact) mass is 1160 g/mol. The summed E-state index contributed by atoms with van der Waals surface area (Å²) in [4.78, 5) is 38.4.